The van der Waals surface area contributed by atoms with Gasteiger partial charge in [0.1, 0.15) is 5.75 Å². The molecule has 3 nitrogen and oxygen atoms in total. The molecule has 0 saturated carbocycles. The van der Waals surface area contributed by atoms with Crippen molar-refractivity contribution in [3.8, 4) is 5.75 Å². The number of ether oxygens (including phenoxy) is 2. The average molecular weight is 224 g/mol. The maximum atomic E-state index is 9.54. The summed E-state index contributed by atoms with van der Waals surface area (Å²) in [7, 11) is 0. The normalized spacial score (nSPS) is 12.4. The van der Waals surface area contributed by atoms with E-state index in [4.69, 9.17) is 9.47 Å². The van der Waals surface area contributed by atoms with Gasteiger partial charge in [-0.15, -0.1) is 0 Å². The zero-order valence-corrected chi connectivity index (χ0v) is 9.98. The fourth-order valence-electron chi connectivity index (χ4n) is 1.44. The Hall–Kier alpha value is -1.06. The maximum Gasteiger partial charge on any atom is 0.125 e. The summed E-state index contributed by atoms with van der Waals surface area (Å²) in [5.74, 6) is 0.758. The quantitative estimate of drug-likeness (QED) is 0.723. The number of aliphatic hydroxyl groups is 1. The van der Waals surface area contributed by atoms with E-state index < -0.39 is 6.10 Å². The van der Waals surface area contributed by atoms with Crippen LogP contribution in [0.4, 0.5) is 0 Å². The number of hydrogen-bond acceptors (Lipinski definition) is 3. The molecule has 0 fully saturated rings. The lowest BCUT2D eigenvalue weighted by Crippen LogP contribution is -2.05. The van der Waals surface area contributed by atoms with E-state index in [-0.39, 0.29) is 0 Å². The zero-order valence-electron chi connectivity index (χ0n) is 9.98. The van der Waals surface area contributed by atoms with Crippen LogP contribution in [0.3, 0.4) is 0 Å². The van der Waals surface area contributed by atoms with Crippen molar-refractivity contribution in [1.82, 2.24) is 0 Å². The number of benzene rings is 1. The van der Waals surface area contributed by atoms with Crippen LogP contribution in [-0.4, -0.2) is 24.9 Å². The molecule has 0 amide bonds. The molecule has 0 saturated heterocycles. The van der Waals surface area contributed by atoms with Crippen LogP contribution in [-0.2, 0) is 4.74 Å². The smallest absolute Gasteiger partial charge is 0.125 e. The lowest BCUT2D eigenvalue weighted by atomic mass is 10.1. The van der Waals surface area contributed by atoms with Crippen molar-refractivity contribution in [3.63, 3.8) is 0 Å². The largest absolute Gasteiger partial charge is 0.493 e. The van der Waals surface area contributed by atoms with Crippen LogP contribution in [0.5, 0.6) is 5.75 Å². The molecular weight excluding hydrogens is 204 g/mol. The van der Waals surface area contributed by atoms with Crippen molar-refractivity contribution in [2.45, 2.75) is 26.4 Å². The molecule has 3 heteroatoms. The van der Waals surface area contributed by atoms with Crippen molar-refractivity contribution >= 4 is 0 Å². The van der Waals surface area contributed by atoms with Gasteiger partial charge in [0.2, 0.25) is 0 Å². The fraction of sp³-hybridized carbons (Fsp3) is 0.538. The predicted molar refractivity (Wildman–Crippen MR) is 63.7 cm³/mol. The Labute approximate surface area is 97.0 Å². The molecule has 0 heterocycles. The number of aliphatic hydroxyl groups excluding tert-OH is 1. The van der Waals surface area contributed by atoms with Gasteiger partial charge in [0, 0.05) is 25.2 Å². The summed E-state index contributed by atoms with van der Waals surface area (Å²) in [5.41, 5.74) is 0.832. The van der Waals surface area contributed by atoms with Crippen LogP contribution in [0, 0.1) is 0 Å². The first kappa shape index (κ1) is 13.0. The second-order valence-electron chi connectivity index (χ2n) is 3.61. The zero-order chi connectivity index (χ0) is 11.8. The molecule has 1 N–H and O–H groups in total. The Morgan fingerprint density at radius 2 is 2.00 bits per heavy atom. The minimum atomic E-state index is -0.497. The van der Waals surface area contributed by atoms with Crippen molar-refractivity contribution < 1.29 is 14.6 Å². The first-order valence-electron chi connectivity index (χ1n) is 5.73. The Balaban J connectivity index is 2.41. The monoisotopic (exact) mass is 224 g/mol. The lowest BCUT2D eigenvalue weighted by Gasteiger charge is -2.13. The van der Waals surface area contributed by atoms with Crippen LogP contribution >= 0.6 is 0 Å². The van der Waals surface area contributed by atoms with Gasteiger partial charge in [-0.3, -0.25) is 0 Å². The number of hydrogen-bond donors (Lipinski definition) is 1. The molecule has 1 rings (SSSR count). The van der Waals surface area contributed by atoms with Gasteiger partial charge < -0.3 is 14.6 Å². The van der Waals surface area contributed by atoms with E-state index in [1.807, 2.05) is 31.2 Å². The topological polar surface area (TPSA) is 38.7 Å². The highest BCUT2D eigenvalue weighted by Gasteiger charge is 2.07. The molecule has 0 unspecified atom stereocenters. The third kappa shape index (κ3) is 4.21. The van der Waals surface area contributed by atoms with E-state index in [0.29, 0.717) is 13.2 Å². The van der Waals surface area contributed by atoms with Crippen LogP contribution in [0.2, 0.25) is 0 Å². The number of rotatable bonds is 7. The highest BCUT2D eigenvalue weighted by atomic mass is 16.5. The molecule has 1 aromatic rings. The van der Waals surface area contributed by atoms with Gasteiger partial charge in [0.05, 0.1) is 12.7 Å². The predicted octanol–water partition coefficient (Wildman–Crippen LogP) is 2.55. The molecule has 1 atom stereocenters. The minimum absolute atomic E-state index is 0.497. The van der Waals surface area contributed by atoms with Crippen LogP contribution in [0.1, 0.15) is 31.9 Å². The molecular formula is C13H20O3. The SMILES string of the molecule is CCOCCCOc1ccccc1[C@H](C)O. The van der Waals surface area contributed by atoms with E-state index in [2.05, 4.69) is 0 Å². The van der Waals surface area contributed by atoms with E-state index >= 15 is 0 Å². The standard InChI is InChI=1S/C13H20O3/c1-3-15-9-6-10-16-13-8-5-4-7-12(13)11(2)14/h4-5,7-8,11,14H,3,6,9-10H2,1-2H3/t11-/m0/s1. The molecule has 0 spiro atoms. The van der Waals surface area contributed by atoms with E-state index in [0.717, 1.165) is 24.3 Å². The van der Waals surface area contributed by atoms with Gasteiger partial charge in [0.25, 0.3) is 0 Å². The summed E-state index contributed by atoms with van der Waals surface area (Å²) in [6, 6.07) is 7.56. The van der Waals surface area contributed by atoms with Gasteiger partial charge >= 0.3 is 0 Å². The Morgan fingerprint density at radius 1 is 1.25 bits per heavy atom. The van der Waals surface area contributed by atoms with Gasteiger partial charge in [-0.25, -0.2) is 0 Å². The number of para-hydroxylation sites is 1. The lowest BCUT2D eigenvalue weighted by molar-refractivity contribution is 0.129. The van der Waals surface area contributed by atoms with Crippen molar-refractivity contribution in [1.29, 1.82) is 0 Å². The molecule has 0 aromatic heterocycles. The summed E-state index contributed by atoms with van der Waals surface area (Å²) in [6.07, 6.45) is 0.366. The molecule has 0 radical (unpaired) electrons. The molecule has 1 aromatic carbocycles. The first-order valence-corrected chi connectivity index (χ1v) is 5.73. The second kappa shape index (κ2) is 7.25. The van der Waals surface area contributed by atoms with Crippen molar-refractivity contribution in [2.75, 3.05) is 19.8 Å². The molecule has 0 bridgehead atoms. The Morgan fingerprint density at radius 3 is 2.69 bits per heavy atom. The molecule has 16 heavy (non-hydrogen) atoms. The maximum absolute atomic E-state index is 9.54. The molecule has 0 aliphatic rings. The van der Waals surface area contributed by atoms with Gasteiger partial charge in [0.15, 0.2) is 0 Å². The molecule has 90 valence electrons. The Kier molecular flexibility index (Phi) is 5.90. The highest BCUT2D eigenvalue weighted by molar-refractivity contribution is 5.34. The minimum Gasteiger partial charge on any atom is -0.493 e. The summed E-state index contributed by atoms with van der Waals surface area (Å²) in [4.78, 5) is 0. The third-order valence-electron chi connectivity index (χ3n) is 2.26. The van der Waals surface area contributed by atoms with Gasteiger partial charge in [-0.2, -0.15) is 0 Å². The van der Waals surface area contributed by atoms with Crippen LogP contribution in [0.25, 0.3) is 0 Å². The van der Waals surface area contributed by atoms with Crippen LogP contribution in [0.15, 0.2) is 24.3 Å². The second-order valence-corrected chi connectivity index (χ2v) is 3.61. The van der Waals surface area contributed by atoms with Crippen molar-refractivity contribution in [3.05, 3.63) is 29.8 Å². The van der Waals surface area contributed by atoms with Gasteiger partial charge in [-0.05, 0) is 19.9 Å². The van der Waals surface area contributed by atoms with Gasteiger partial charge in [-0.1, -0.05) is 18.2 Å². The van der Waals surface area contributed by atoms with E-state index in [1.165, 1.54) is 0 Å². The van der Waals surface area contributed by atoms with Crippen molar-refractivity contribution in [2.24, 2.45) is 0 Å². The third-order valence-corrected chi connectivity index (χ3v) is 2.26. The molecule has 0 aliphatic carbocycles. The van der Waals surface area contributed by atoms with E-state index in [1.54, 1.807) is 6.92 Å². The summed E-state index contributed by atoms with van der Waals surface area (Å²) in [6.45, 7) is 5.79. The Bertz CT molecular complexity index is 297. The average Bonchev–Trinajstić information content (AvgIpc) is 2.29. The highest BCUT2D eigenvalue weighted by Crippen LogP contribution is 2.24. The van der Waals surface area contributed by atoms with Crippen LogP contribution < -0.4 is 4.74 Å². The summed E-state index contributed by atoms with van der Waals surface area (Å²) in [5, 5.41) is 9.54. The first-order chi connectivity index (χ1) is 7.75. The summed E-state index contributed by atoms with van der Waals surface area (Å²) < 4.78 is 10.8. The van der Waals surface area contributed by atoms with E-state index in [9.17, 15) is 5.11 Å². The fourth-order valence-corrected chi connectivity index (χ4v) is 1.44. The molecule has 0 aliphatic heterocycles. The summed E-state index contributed by atoms with van der Waals surface area (Å²) >= 11 is 0.